The smallest absolute Gasteiger partial charge is 0.462 e. The molecule has 0 aliphatic rings. The van der Waals surface area contributed by atoms with Gasteiger partial charge in [-0.15, -0.1) is 0 Å². The Morgan fingerprint density at radius 2 is 0.531 bits per heavy atom. The van der Waals surface area contributed by atoms with Gasteiger partial charge in [-0.05, 0) is 148 Å². The van der Waals surface area contributed by atoms with E-state index >= 15 is 0 Å². The quantitative estimate of drug-likeness (QED) is 0.0169. The zero-order valence-corrected chi connectivity index (χ0v) is 63.5. The lowest BCUT2D eigenvalue weighted by atomic mass is 10.1. The first-order chi connectivity index (χ1) is 47.7. The fourth-order valence-corrected chi connectivity index (χ4v) is 11.7. The molecule has 0 saturated heterocycles. The molecular formula is C79H138O17P2. The second-order valence-electron chi connectivity index (χ2n) is 25.6. The number of ether oxygens (including phenoxy) is 4. The van der Waals surface area contributed by atoms with Crippen LogP contribution in [-0.4, -0.2) is 96.7 Å². The predicted molar refractivity (Wildman–Crippen MR) is 399 cm³/mol. The van der Waals surface area contributed by atoms with Crippen LogP contribution < -0.4 is 0 Å². The summed E-state index contributed by atoms with van der Waals surface area (Å²) in [6.45, 7) is 4.67. The molecule has 0 aromatic heterocycles. The van der Waals surface area contributed by atoms with Crippen LogP contribution in [0.5, 0.6) is 0 Å². The summed E-state index contributed by atoms with van der Waals surface area (Å²) in [5.41, 5.74) is 0. The lowest BCUT2D eigenvalue weighted by Gasteiger charge is -2.21. The molecule has 0 amide bonds. The summed E-state index contributed by atoms with van der Waals surface area (Å²) in [7, 11) is -9.96. The number of phosphoric acid groups is 2. The van der Waals surface area contributed by atoms with E-state index in [9.17, 15) is 43.2 Å². The monoisotopic (exact) mass is 1420 g/mol. The summed E-state index contributed by atoms with van der Waals surface area (Å²) in [5, 5.41) is 10.6. The van der Waals surface area contributed by atoms with E-state index in [1.54, 1.807) is 0 Å². The first kappa shape index (κ1) is 94.0. The van der Waals surface area contributed by atoms with Crippen LogP contribution in [0.4, 0.5) is 0 Å². The maximum Gasteiger partial charge on any atom is 0.472 e. The van der Waals surface area contributed by atoms with Crippen molar-refractivity contribution in [2.75, 3.05) is 39.6 Å². The molecule has 0 saturated carbocycles. The number of aliphatic hydroxyl groups is 1. The van der Waals surface area contributed by atoms with Crippen molar-refractivity contribution in [1.29, 1.82) is 0 Å². The second-order valence-corrected chi connectivity index (χ2v) is 28.5. The molecule has 0 bridgehead atoms. The van der Waals surface area contributed by atoms with Crippen LogP contribution in [0, 0.1) is 0 Å². The molecule has 98 heavy (non-hydrogen) atoms. The molecule has 5 atom stereocenters. The average molecular weight is 1420 g/mol. The van der Waals surface area contributed by atoms with Crippen molar-refractivity contribution in [3.05, 3.63) is 97.2 Å². The van der Waals surface area contributed by atoms with E-state index in [1.165, 1.54) is 77.0 Å². The molecule has 0 rings (SSSR count). The van der Waals surface area contributed by atoms with Crippen LogP contribution >= 0.6 is 15.6 Å². The van der Waals surface area contributed by atoms with Crippen molar-refractivity contribution in [2.24, 2.45) is 0 Å². The zero-order valence-electron chi connectivity index (χ0n) is 61.7. The summed E-state index contributed by atoms with van der Waals surface area (Å²) in [5.74, 6) is -2.23. The number of rotatable bonds is 72. The lowest BCUT2D eigenvalue weighted by Crippen LogP contribution is -2.30. The summed E-state index contributed by atoms with van der Waals surface area (Å²) < 4.78 is 68.4. The number of phosphoric ester groups is 2. The number of allylic oxidation sites excluding steroid dienone is 16. The Balaban J connectivity index is 5.38. The van der Waals surface area contributed by atoms with E-state index in [2.05, 4.69) is 125 Å². The molecule has 0 fully saturated rings. The Labute approximate surface area is 595 Å². The normalized spacial score (nSPS) is 14.5. The molecule has 0 aliphatic carbocycles. The maximum atomic E-state index is 13.1. The van der Waals surface area contributed by atoms with Crippen LogP contribution in [0.15, 0.2) is 97.2 Å². The molecule has 0 aromatic carbocycles. The Morgan fingerprint density at radius 3 is 0.837 bits per heavy atom. The molecule has 19 heteroatoms. The SMILES string of the molecule is CC/C=C\C/C=C\C/C=C\C/C=C\C/C=C\CCCCCC(=O)O[C@H](COC(=O)CCCCCCC/C=C\CCCCCC)COP(=O)(O)OC[C@@H](O)COP(=O)(O)OC[C@@H](COC(=O)CCCCCCC/C=C\CCCCCC)OC(=O)CCCCCCC/C=C\CCCCCC. The highest BCUT2D eigenvalue weighted by molar-refractivity contribution is 7.47. The molecule has 0 heterocycles. The first-order valence-electron chi connectivity index (χ1n) is 38.5. The van der Waals surface area contributed by atoms with Crippen LogP contribution in [0.2, 0.25) is 0 Å². The first-order valence-corrected chi connectivity index (χ1v) is 41.5. The number of hydrogen-bond acceptors (Lipinski definition) is 15. The van der Waals surface area contributed by atoms with Crippen LogP contribution in [0.1, 0.15) is 323 Å². The minimum Gasteiger partial charge on any atom is -0.462 e. The third-order valence-corrected chi connectivity index (χ3v) is 17.9. The van der Waals surface area contributed by atoms with Crippen molar-refractivity contribution in [3.63, 3.8) is 0 Å². The van der Waals surface area contributed by atoms with Gasteiger partial charge in [-0.1, -0.05) is 247 Å². The highest BCUT2D eigenvalue weighted by Gasteiger charge is 2.30. The van der Waals surface area contributed by atoms with E-state index < -0.39 is 97.5 Å². The number of aliphatic hydroxyl groups excluding tert-OH is 1. The standard InChI is InChI=1S/C79H138O17P2/c1-5-9-13-17-21-25-29-33-34-35-36-37-38-42-46-50-54-58-62-66-79(84)96-75(70-90-77(82)64-60-56-52-48-44-40-31-27-23-19-15-11-7-3)72-94-98(87,88)92-68-73(80)67-91-97(85,86)93-71-74(95-78(83)65-61-57-53-49-45-41-32-28-24-20-16-12-8-4)69-89-76(81)63-59-55-51-47-43-39-30-26-22-18-14-10-6-2/h9,13,21,25-28,30-34,36-37,42,46,73-75,80H,5-8,10-12,14-20,22-24,29,35,38-41,43-45,47-72H2,1-4H3,(H,85,86)(H,87,88)/b13-9-,25-21-,30-26-,31-27-,32-28-,34-33-,37-36-,46-42-/t73-,74+,75+/m0/s1. The molecule has 0 spiro atoms. The van der Waals surface area contributed by atoms with Gasteiger partial charge in [0.05, 0.1) is 26.4 Å². The number of esters is 4. The minimum absolute atomic E-state index is 0.0539. The van der Waals surface area contributed by atoms with Crippen molar-refractivity contribution in [2.45, 2.75) is 341 Å². The Bertz CT molecular complexity index is 2240. The highest BCUT2D eigenvalue weighted by Crippen LogP contribution is 2.45. The number of hydrogen-bond donors (Lipinski definition) is 3. The van der Waals surface area contributed by atoms with Gasteiger partial charge < -0.3 is 33.8 Å². The number of carbonyl (C=O) groups is 4. The summed E-state index contributed by atoms with van der Waals surface area (Å²) in [4.78, 5) is 72.8. The largest absolute Gasteiger partial charge is 0.472 e. The highest BCUT2D eigenvalue weighted by atomic mass is 31.2. The summed E-state index contributed by atoms with van der Waals surface area (Å²) in [6, 6.07) is 0. The van der Waals surface area contributed by atoms with Gasteiger partial charge in [0.1, 0.15) is 19.3 Å². The van der Waals surface area contributed by atoms with Crippen LogP contribution in [0.25, 0.3) is 0 Å². The Hall–Kier alpha value is -4.02. The molecule has 0 radical (unpaired) electrons. The molecule has 3 N–H and O–H groups in total. The molecule has 17 nitrogen and oxygen atoms in total. The Kier molecular flexibility index (Phi) is 68.4. The molecule has 0 aliphatic heterocycles. The zero-order chi connectivity index (χ0) is 71.8. The fourth-order valence-electron chi connectivity index (χ4n) is 10.1. The maximum absolute atomic E-state index is 13.1. The number of carbonyl (C=O) groups excluding carboxylic acids is 4. The van der Waals surface area contributed by atoms with Crippen molar-refractivity contribution < 1.29 is 80.2 Å². The van der Waals surface area contributed by atoms with E-state index in [0.29, 0.717) is 25.7 Å². The summed E-state index contributed by atoms with van der Waals surface area (Å²) >= 11 is 0. The van der Waals surface area contributed by atoms with Gasteiger partial charge in [0.2, 0.25) is 0 Å². The third-order valence-electron chi connectivity index (χ3n) is 16.0. The molecular weight excluding hydrogens is 1280 g/mol. The van der Waals surface area contributed by atoms with Gasteiger partial charge >= 0.3 is 39.5 Å². The summed E-state index contributed by atoms with van der Waals surface area (Å²) in [6.07, 6.45) is 74.0. The van der Waals surface area contributed by atoms with Crippen molar-refractivity contribution >= 4 is 39.5 Å². The van der Waals surface area contributed by atoms with E-state index in [4.69, 9.17) is 37.0 Å². The van der Waals surface area contributed by atoms with Gasteiger partial charge in [0, 0.05) is 25.7 Å². The second kappa shape index (κ2) is 71.4. The third kappa shape index (κ3) is 70.4. The van der Waals surface area contributed by atoms with Crippen LogP contribution in [0.3, 0.4) is 0 Å². The number of unbranched alkanes of at least 4 members (excludes halogenated alkanes) is 30. The van der Waals surface area contributed by atoms with Gasteiger partial charge in [-0.25, -0.2) is 9.13 Å². The van der Waals surface area contributed by atoms with E-state index in [1.807, 2.05) is 0 Å². The van der Waals surface area contributed by atoms with E-state index in [-0.39, 0.29) is 25.7 Å². The lowest BCUT2D eigenvalue weighted by molar-refractivity contribution is -0.161. The molecule has 0 aromatic rings. The van der Waals surface area contributed by atoms with Crippen molar-refractivity contribution in [1.82, 2.24) is 0 Å². The molecule has 2 unspecified atom stereocenters. The van der Waals surface area contributed by atoms with Crippen LogP contribution in [-0.2, 0) is 65.4 Å². The van der Waals surface area contributed by atoms with Crippen molar-refractivity contribution in [3.8, 4) is 0 Å². The van der Waals surface area contributed by atoms with Gasteiger partial charge in [-0.2, -0.15) is 0 Å². The minimum atomic E-state index is -4.98. The fraction of sp³-hybridized carbons (Fsp3) is 0.747. The van der Waals surface area contributed by atoms with Gasteiger partial charge in [-0.3, -0.25) is 37.3 Å². The van der Waals surface area contributed by atoms with Gasteiger partial charge in [0.25, 0.3) is 0 Å². The Morgan fingerprint density at radius 1 is 0.296 bits per heavy atom. The van der Waals surface area contributed by atoms with Gasteiger partial charge in [0.15, 0.2) is 12.2 Å². The molecule has 566 valence electrons. The van der Waals surface area contributed by atoms with E-state index in [0.717, 1.165) is 167 Å². The topological polar surface area (TPSA) is 237 Å². The predicted octanol–water partition coefficient (Wildman–Crippen LogP) is 22.0. The average Bonchev–Trinajstić information content (AvgIpc) is 0.982.